The number of nitrogens with zero attached hydrogens (tertiary/aromatic N) is 4. The number of amidine groups is 1. The van der Waals surface area contributed by atoms with Crippen molar-refractivity contribution in [2.45, 2.75) is 6.42 Å². The van der Waals surface area contributed by atoms with Gasteiger partial charge in [0.2, 0.25) is 0 Å². The Kier molecular flexibility index (Phi) is 6.69. The van der Waals surface area contributed by atoms with Gasteiger partial charge >= 0.3 is 0 Å². The highest BCUT2D eigenvalue weighted by molar-refractivity contribution is 8.18. The minimum atomic E-state index is -0.186. The summed E-state index contributed by atoms with van der Waals surface area (Å²) in [5, 5.41) is 9.47. The molecule has 1 saturated heterocycles. The molecule has 0 saturated carbocycles. The highest BCUT2D eigenvalue weighted by atomic mass is 32.2. The fourth-order valence-corrected chi connectivity index (χ4v) is 3.84. The highest BCUT2D eigenvalue weighted by Crippen LogP contribution is 2.31. The lowest BCUT2D eigenvalue weighted by Crippen LogP contribution is -2.47. The second-order valence-corrected chi connectivity index (χ2v) is 7.22. The van der Waals surface area contributed by atoms with Crippen LogP contribution >= 0.6 is 11.8 Å². The Morgan fingerprint density at radius 2 is 2.00 bits per heavy atom. The number of hydrogen-bond donors (Lipinski definition) is 0. The predicted octanol–water partition coefficient (Wildman–Crippen LogP) is 2.75. The first kappa shape index (κ1) is 19.2. The van der Waals surface area contributed by atoms with Gasteiger partial charge < -0.3 is 9.64 Å². The zero-order valence-electron chi connectivity index (χ0n) is 15.1. The van der Waals surface area contributed by atoms with Gasteiger partial charge in [-0.3, -0.25) is 9.69 Å². The minimum Gasteiger partial charge on any atom is -0.490 e. The Labute approximate surface area is 163 Å². The zero-order valence-corrected chi connectivity index (χ0v) is 16.0. The number of carbonyl (C=O) groups is 1. The molecule has 1 amide bonds. The third kappa shape index (κ3) is 5.22. The first-order valence-electron chi connectivity index (χ1n) is 8.90. The standard InChI is InChI=1S/C20H22N4O2S/c1-2-14-26-17-6-4-16(5-7-17)15-18-19(25)22-20(27-18)24-12-10-23(11-13-24)9-3-8-21/h2,4-7,15H,1,3,9-14H2. The molecule has 1 aromatic carbocycles. The van der Waals surface area contributed by atoms with E-state index in [0.717, 1.165) is 49.2 Å². The molecular weight excluding hydrogens is 360 g/mol. The van der Waals surface area contributed by atoms with Gasteiger partial charge in [-0.15, -0.1) is 0 Å². The molecular formula is C20H22N4O2S. The fraction of sp³-hybridized carbons (Fsp3) is 0.350. The van der Waals surface area contributed by atoms with Gasteiger partial charge in [-0.2, -0.15) is 10.3 Å². The van der Waals surface area contributed by atoms with Gasteiger partial charge in [0.15, 0.2) is 5.17 Å². The van der Waals surface area contributed by atoms with Crippen LogP contribution < -0.4 is 4.74 Å². The lowest BCUT2D eigenvalue weighted by Gasteiger charge is -2.34. The summed E-state index contributed by atoms with van der Waals surface area (Å²) in [6, 6.07) is 9.78. The van der Waals surface area contributed by atoms with Crippen LogP contribution in [-0.4, -0.2) is 60.2 Å². The van der Waals surface area contributed by atoms with Gasteiger partial charge in [0, 0.05) is 39.1 Å². The Hall–Kier alpha value is -2.56. The molecule has 6 nitrogen and oxygen atoms in total. The molecule has 2 aliphatic rings. The van der Waals surface area contributed by atoms with Crippen molar-refractivity contribution >= 4 is 28.9 Å². The van der Waals surface area contributed by atoms with Crippen LogP contribution in [0.25, 0.3) is 6.08 Å². The van der Waals surface area contributed by atoms with E-state index in [1.54, 1.807) is 6.08 Å². The van der Waals surface area contributed by atoms with Crippen molar-refractivity contribution in [3.05, 3.63) is 47.4 Å². The van der Waals surface area contributed by atoms with Crippen LogP contribution in [0.3, 0.4) is 0 Å². The largest absolute Gasteiger partial charge is 0.490 e. The molecule has 0 radical (unpaired) electrons. The lowest BCUT2D eigenvalue weighted by molar-refractivity contribution is -0.113. The summed E-state index contributed by atoms with van der Waals surface area (Å²) in [7, 11) is 0. The predicted molar refractivity (Wildman–Crippen MR) is 108 cm³/mol. The van der Waals surface area contributed by atoms with Crippen LogP contribution in [0.2, 0.25) is 0 Å². The molecule has 0 atom stereocenters. The van der Waals surface area contributed by atoms with Crippen LogP contribution in [-0.2, 0) is 4.79 Å². The topological polar surface area (TPSA) is 68.9 Å². The summed E-state index contributed by atoms with van der Waals surface area (Å²) >= 11 is 1.43. The van der Waals surface area contributed by atoms with E-state index in [-0.39, 0.29) is 5.91 Å². The average Bonchev–Trinajstić information content (AvgIpc) is 3.06. The molecule has 0 aromatic heterocycles. The molecule has 1 fully saturated rings. The van der Waals surface area contributed by atoms with Crippen molar-refractivity contribution in [1.82, 2.24) is 9.80 Å². The molecule has 140 valence electrons. The van der Waals surface area contributed by atoms with Crippen molar-refractivity contribution in [2.75, 3.05) is 39.3 Å². The maximum Gasteiger partial charge on any atom is 0.286 e. The maximum atomic E-state index is 12.3. The molecule has 3 rings (SSSR count). The Bertz CT molecular complexity index is 787. The quantitative estimate of drug-likeness (QED) is 0.557. The summed E-state index contributed by atoms with van der Waals surface area (Å²) in [4.78, 5) is 21.5. The lowest BCUT2D eigenvalue weighted by atomic mass is 10.2. The number of ether oxygens (including phenoxy) is 1. The average molecular weight is 382 g/mol. The number of thioether (sulfide) groups is 1. The molecule has 0 aliphatic carbocycles. The van der Waals surface area contributed by atoms with Gasteiger partial charge in [-0.25, -0.2) is 0 Å². The number of hydrogen-bond acceptors (Lipinski definition) is 6. The molecule has 0 N–H and O–H groups in total. The van der Waals surface area contributed by atoms with Gasteiger partial charge in [0.05, 0.1) is 11.0 Å². The Morgan fingerprint density at radius 1 is 1.26 bits per heavy atom. The van der Waals surface area contributed by atoms with Crippen molar-refractivity contribution in [2.24, 2.45) is 4.99 Å². The number of benzene rings is 1. The normalized spacial score (nSPS) is 19.1. The van der Waals surface area contributed by atoms with Gasteiger partial charge in [0.25, 0.3) is 5.91 Å². The van der Waals surface area contributed by atoms with E-state index in [2.05, 4.69) is 27.4 Å². The molecule has 7 heteroatoms. The van der Waals surface area contributed by atoms with Crippen molar-refractivity contribution in [3.63, 3.8) is 0 Å². The van der Waals surface area contributed by atoms with Crippen LogP contribution in [0.1, 0.15) is 12.0 Å². The van der Waals surface area contributed by atoms with Crippen LogP contribution in [0, 0.1) is 11.3 Å². The second kappa shape index (κ2) is 9.40. The van der Waals surface area contributed by atoms with Gasteiger partial charge in [-0.1, -0.05) is 24.8 Å². The van der Waals surface area contributed by atoms with Crippen molar-refractivity contribution in [3.8, 4) is 11.8 Å². The number of rotatable bonds is 6. The first-order valence-corrected chi connectivity index (χ1v) is 9.72. The number of carbonyl (C=O) groups excluding carboxylic acids is 1. The maximum absolute atomic E-state index is 12.3. The Balaban J connectivity index is 1.57. The van der Waals surface area contributed by atoms with E-state index in [4.69, 9.17) is 10.00 Å². The van der Waals surface area contributed by atoms with E-state index in [1.165, 1.54) is 11.8 Å². The number of nitriles is 1. The Morgan fingerprint density at radius 3 is 2.67 bits per heavy atom. The number of aliphatic imine (C=N–C) groups is 1. The fourth-order valence-electron chi connectivity index (χ4n) is 2.87. The SMILES string of the molecule is C=CCOc1ccc(C=C2SC(N3CCN(CCC#N)CC3)=NC2=O)cc1. The van der Waals surface area contributed by atoms with Crippen molar-refractivity contribution < 1.29 is 9.53 Å². The van der Waals surface area contributed by atoms with Crippen LogP contribution in [0.4, 0.5) is 0 Å². The third-order valence-corrected chi connectivity index (χ3v) is 5.38. The minimum absolute atomic E-state index is 0.186. The summed E-state index contributed by atoms with van der Waals surface area (Å²) in [6.07, 6.45) is 4.12. The first-order chi connectivity index (χ1) is 13.2. The molecule has 1 aromatic rings. The van der Waals surface area contributed by atoms with Gasteiger partial charge in [-0.05, 0) is 35.5 Å². The molecule has 0 unspecified atom stereocenters. The summed E-state index contributed by atoms with van der Waals surface area (Å²) in [5.74, 6) is 0.586. The smallest absolute Gasteiger partial charge is 0.286 e. The molecule has 0 spiro atoms. The summed E-state index contributed by atoms with van der Waals surface area (Å²) < 4.78 is 5.47. The van der Waals surface area contributed by atoms with Crippen LogP contribution in [0.5, 0.6) is 5.75 Å². The molecule has 2 aliphatic heterocycles. The third-order valence-electron chi connectivity index (χ3n) is 4.34. The monoisotopic (exact) mass is 382 g/mol. The van der Waals surface area contributed by atoms with E-state index in [1.807, 2.05) is 30.3 Å². The summed E-state index contributed by atoms with van der Waals surface area (Å²) in [6.45, 7) is 8.33. The highest BCUT2D eigenvalue weighted by Gasteiger charge is 2.28. The number of amides is 1. The van der Waals surface area contributed by atoms with Crippen LogP contribution in [0.15, 0.2) is 46.8 Å². The van der Waals surface area contributed by atoms with Crippen molar-refractivity contribution in [1.29, 1.82) is 5.26 Å². The van der Waals surface area contributed by atoms with E-state index in [0.29, 0.717) is 17.9 Å². The summed E-state index contributed by atoms with van der Waals surface area (Å²) in [5.41, 5.74) is 0.939. The van der Waals surface area contributed by atoms with E-state index >= 15 is 0 Å². The molecule has 27 heavy (non-hydrogen) atoms. The second-order valence-electron chi connectivity index (χ2n) is 6.22. The van der Waals surface area contributed by atoms with Gasteiger partial charge in [0.1, 0.15) is 12.4 Å². The molecule has 2 heterocycles. The zero-order chi connectivity index (χ0) is 19.1. The molecule has 0 bridgehead atoms. The van der Waals surface area contributed by atoms with E-state index < -0.39 is 0 Å². The van der Waals surface area contributed by atoms with E-state index in [9.17, 15) is 4.79 Å². The number of piperazine rings is 1.